The van der Waals surface area contributed by atoms with Gasteiger partial charge in [-0.25, -0.2) is 14.6 Å². The monoisotopic (exact) mass is 588 g/mol. The van der Waals surface area contributed by atoms with Gasteiger partial charge >= 0.3 is 5.97 Å². The smallest absolute Gasteiger partial charge is 0.334 e. The number of rotatable bonds is 6. The van der Waals surface area contributed by atoms with Crippen LogP contribution in [0.4, 0.5) is 22.7 Å². The lowest BCUT2D eigenvalue weighted by Gasteiger charge is -2.55. The fourth-order valence-corrected chi connectivity index (χ4v) is 7.76. The topological polar surface area (TPSA) is 187 Å². The first-order chi connectivity index (χ1) is 20.4. The maximum Gasteiger partial charge on any atom is 0.334 e. The van der Waals surface area contributed by atoms with E-state index in [1.165, 1.54) is 31.2 Å². The molecule has 2 saturated heterocycles. The molecule has 43 heavy (non-hydrogen) atoms. The molecular weight excluding hydrogens is 564 g/mol. The minimum absolute atomic E-state index is 0.00213. The predicted molar refractivity (Wildman–Crippen MR) is 146 cm³/mol. The lowest BCUT2D eigenvalue weighted by atomic mass is 9.43. The summed E-state index contributed by atoms with van der Waals surface area (Å²) < 4.78 is 5.34. The lowest BCUT2D eigenvalue weighted by Crippen LogP contribution is -2.61. The molecule has 2 aromatic rings. The van der Waals surface area contributed by atoms with Gasteiger partial charge in [-0.2, -0.15) is 0 Å². The molecule has 5 aliphatic rings. The zero-order chi connectivity index (χ0) is 31.1. The fourth-order valence-electron chi connectivity index (χ4n) is 7.76. The summed E-state index contributed by atoms with van der Waals surface area (Å²) in [5, 5.41) is 22.3. The molecule has 220 valence electrons. The van der Waals surface area contributed by atoms with Crippen molar-refractivity contribution in [2.45, 2.75) is 20.8 Å². The molecule has 0 radical (unpaired) electrons. The third-order valence-electron chi connectivity index (χ3n) is 9.32. The first-order valence-electron chi connectivity index (χ1n) is 13.5. The number of non-ortho nitro benzene ring substituents is 2. The molecule has 6 atom stereocenters. The summed E-state index contributed by atoms with van der Waals surface area (Å²) in [6.45, 7) is 4.73. The number of carbonyl (C=O) groups excluding carboxylic acids is 5. The van der Waals surface area contributed by atoms with E-state index in [2.05, 4.69) is 0 Å². The van der Waals surface area contributed by atoms with Crippen molar-refractivity contribution in [3.8, 4) is 0 Å². The molecule has 14 nitrogen and oxygen atoms in total. The van der Waals surface area contributed by atoms with Gasteiger partial charge in [-0.1, -0.05) is 12.5 Å². The van der Waals surface area contributed by atoms with Crippen molar-refractivity contribution in [1.82, 2.24) is 0 Å². The summed E-state index contributed by atoms with van der Waals surface area (Å²) in [6, 6.07) is 9.73. The zero-order valence-electron chi connectivity index (χ0n) is 23.1. The molecule has 2 aromatic carbocycles. The number of hydrogen-bond acceptors (Lipinski definition) is 10. The second-order valence-corrected chi connectivity index (χ2v) is 11.2. The van der Waals surface area contributed by atoms with Crippen LogP contribution in [0.1, 0.15) is 20.8 Å². The van der Waals surface area contributed by atoms with Crippen LogP contribution in [0.25, 0.3) is 0 Å². The Morgan fingerprint density at radius 1 is 0.767 bits per heavy atom. The molecule has 0 spiro atoms. The maximum absolute atomic E-state index is 14.1. The Kier molecular flexibility index (Phi) is 6.08. The molecule has 3 fully saturated rings. The van der Waals surface area contributed by atoms with Gasteiger partial charge in [0.1, 0.15) is 0 Å². The Hall–Kier alpha value is -5.27. The number of nitro benzene ring substituents is 2. The van der Waals surface area contributed by atoms with E-state index >= 15 is 0 Å². The number of anilines is 2. The lowest BCUT2D eigenvalue weighted by molar-refractivity contribution is -0.385. The van der Waals surface area contributed by atoms with Crippen LogP contribution in [-0.4, -0.2) is 46.1 Å². The van der Waals surface area contributed by atoms with Crippen molar-refractivity contribution in [1.29, 1.82) is 0 Å². The number of allylic oxidation sites excluding steroid dienone is 1. The van der Waals surface area contributed by atoms with E-state index in [4.69, 9.17) is 4.74 Å². The Morgan fingerprint density at radius 2 is 1.16 bits per heavy atom. The summed E-state index contributed by atoms with van der Waals surface area (Å²) in [4.78, 5) is 92.7. The summed E-state index contributed by atoms with van der Waals surface area (Å²) in [6.07, 6.45) is 0. The molecule has 2 heterocycles. The quantitative estimate of drug-likeness (QED) is 0.210. The Balaban J connectivity index is 1.49. The van der Waals surface area contributed by atoms with Gasteiger partial charge < -0.3 is 4.74 Å². The van der Waals surface area contributed by atoms with Crippen LogP contribution < -0.4 is 9.80 Å². The first-order valence-corrected chi connectivity index (χ1v) is 13.5. The molecule has 3 aliphatic carbocycles. The third-order valence-corrected chi connectivity index (χ3v) is 9.32. The maximum atomic E-state index is 14.1. The predicted octanol–water partition coefficient (Wildman–Crippen LogP) is 2.94. The molecule has 7 rings (SSSR count). The molecule has 2 unspecified atom stereocenters. The minimum Gasteiger partial charge on any atom is -0.463 e. The number of ether oxygens (including phenoxy) is 1. The van der Waals surface area contributed by atoms with Crippen LogP contribution >= 0.6 is 0 Å². The van der Waals surface area contributed by atoms with Crippen LogP contribution in [0, 0.1) is 55.2 Å². The van der Waals surface area contributed by atoms with Gasteiger partial charge in [-0.3, -0.25) is 39.4 Å². The molecule has 1 saturated carbocycles. The van der Waals surface area contributed by atoms with Crippen molar-refractivity contribution in [2.75, 3.05) is 16.4 Å². The Morgan fingerprint density at radius 3 is 1.51 bits per heavy atom. The number of nitrogens with zero attached hydrogens (tertiary/aromatic N) is 4. The molecule has 0 N–H and O–H groups in total. The van der Waals surface area contributed by atoms with Crippen LogP contribution in [0.3, 0.4) is 0 Å². The Bertz CT molecular complexity index is 1590. The van der Waals surface area contributed by atoms with E-state index in [1.54, 1.807) is 13.8 Å². The number of benzene rings is 2. The third kappa shape index (κ3) is 3.55. The number of nitro groups is 2. The van der Waals surface area contributed by atoms with Crippen molar-refractivity contribution in [3.63, 3.8) is 0 Å². The van der Waals surface area contributed by atoms with E-state index in [1.807, 2.05) is 0 Å². The van der Waals surface area contributed by atoms with Crippen LogP contribution in [0.2, 0.25) is 0 Å². The number of esters is 1. The number of imide groups is 2. The second kappa shape index (κ2) is 9.37. The Labute approximate surface area is 243 Å². The molecule has 14 heteroatoms. The fraction of sp³-hybridized carbons (Fsp3) is 0.345. The molecular formula is C29H24N4O10. The summed E-state index contributed by atoms with van der Waals surface area (Å²) in [7, 11) is 0. The zero-order valence-corrected chi connectivity index (χ0v) is 23.1. The summed E-state index contributed by atoms with van der Waals surface area (Å²) in [5.41, 5.74) is -1.50. The first kappa shape index (κ1) is 27.9. The van der Waals surface area contributed by atoms with Crippen molar-refractivity contribution in [2.24, 2.45) is 35.0 Å². The van der Waals surface area contributed by atoms with Crippen LogP contribution in [-0.2, 0) is 28.7 Å². The van der Waals surface area contributed by atoms with Crippen molar-refractivity contribution >= 4 is 52.3 Å². The highest BCUT2D eigenvalue weighted by molar-refractivity contribution is 6.27. The number of carbonyl (C=O) groups is 5. The van der Waals surface area contributed by atoms with Gasteiger partial charge in [0, 0.05) is 41.2 Å². The van der Waals surface area contributed by atoms with Crippen molar-refractivity contribution < 1.29 is 38.6 Å². The highest BCUT2D eigenvalue weighted by atomic mass is 16.6. The standard InChI is InChI=1S/C29H24N4O10/c1-4-43-28(38)21-13(2)18-19-22(26(36)30(24(19)34)14-5-9-16(10-6-14)32(39)40)29(21,3)23-20(18)25(35)31(27(23)37)15-7-11-17(12-8-15)33(41)42/h5-12,18-20,22-23H,4H2,1-3H3/t18?,19-,20-,22-,23+,29?/m0/s1. The average molecular weight is 589 g/mol. The molecule has 0 aromatic heterocycles. The second-order valence-electron chi connectivity index (χ2n) is 11.2. The highest BCUT2D eigenvalue weighted by Gasteiger charge is 2.77. The SMILES string of the molecule is CCOC(=O)C1=C(C)C2[C@@H]3C(=O)N(c4ccc([N+](=O)[O-])cc4)C(=O)[C@H]3C1(C)[C@H]1C(=O)N(c3ccc([N+](=O)[O-])cc3)C(=O)[C@@H]21. The van der Waals surface area contributed by atoms with Crippen LogP contribution in [0.5, 0.6) is 0 Å². The molecule has 2 aliphatic heterocycles. The van der Waals surface area contributed by atoms with Gasteiger partial charge in [0.05, 0.1) is 51.5 Å². The molecule has 2 bridgehead atoms. The number of amides is 4. The largest absolute Gasteiger partial charge is 0.463 e. The summed E-state index contributed by atoms with van der Waals surface area (Å²) in [5.74, 6) is -9.05. The van der Waals surface area contributed by atoms with Gasteiger partial charge in [0.15, 0.2) is 0 Å². The van der Waals surface area contributed by atoms with E-state index in [0.717, 1.165) is 34.1 Å². The molecule has 4 amide bonds. The average Bonchev–Trinajstić information content (AvgIpc) is 3.39. The number of hydrogen-bond donors (Lipinski definition) is 0. The minimum atomic E-state index is -1.63. The normalized spacial score (nSPS) is 29.2. The van der Waals surface area contributed by atoms with Gasteiger partial charge in [0.25, 0.3) is 11.4 Å². The highest BCUT2D eigenvalue weighted by Crippen LogP contribution is 2.68. The van der Waals surface area contributed by atoms with Crippen LogP contribution in [0.15, 0.2) is 59.7 Å². The van der Waals surface area contributed by atoms with E-state index in [9.17, 15) is 44.2 Å². The van der Waals surface area contributed by atoms with Crippen molar-refractivity contribution in [3.05, 3.63) is 79.9 Å². The summed E-state index contributed by atoms with van der Waals surface area (Å²) >= 11 is 0. The van der Waals surface area contributed by atoms with E-state index in [-0.39, 0.29) is 34.9 Å². The van der Waals surface area contributed by atoms with E-state index in [0.29, 0.717) is 5.57 Å². The van der Waals surface area contributed by atoms with Gasteiger partial charge in [-0.15, -0.1) is 0 Å². The van der Waals surface area contributed by atoms with Gasteiger partial charge in [0.2, 0.25) is 23.6 Å². The van der Waals surface area contributed by atoms with E-state index < -0.39 is 74.4 Å². The van der Waals surface area contributed by atoms with Gasteiger partial charge in [-0.05, 0) is 38.1 Å².